The normalized spacial score (nSPS) is 12.8. The monoisotopic (exact) mass is 245 g/mol. The van der Waals surface area contributed by atoms with Gasteiger partial charge in [0.15, 0.2) is 0 Å². The molecule has 100 valence electrons. The summed E-state index contributed by atoms with van der Waals surface area (Å²) in [5.74, 6) is 0. The highest BCUT2D eigenvalue weighted by molar-refractivity contribution is 5.29. The molecule has 1 nitrogen and oxygen atoms in total. The van der Waals surface area contributed by atoms with Gasteiger partial charge in [-0.15, -0.1) is 0 Å². The van der Waals surface area contributed by atoms with Crippen molar-refractivity contribution in [2.24, 2.45) is 0 Å². The van der Waals surface area contributed by atoms with E-state index in [0.717, 1.165) is 19.4 Å². The lowest BCUT2D eigenvalue weighted by Crippen LogP contribution is -2.36. The van der Waals surface area contributed by atoms with Gasteiger partial charge in [-0.2, -0.15) is 0 Å². The minimum atomic E-state index is 0.220. The van der Waals surface area contributed by atoms with Gasteiger partial charge in [0.25, 0.3) is 0 Å². The van der Waals surface area contributed by atoms with E-state index in [1.54, 1.807) is 0 Å². The van der Waals surface area contributed by atoms with E-state index in [4.69, 9.17) is 0 Å². The standard InChI is InChI=1S/C17H27N/c1-14(9-8-12-18-17(3,4)5)13-16-11-7-6-10-15(16)2/h6-7,9-11,18H,8,12-13H2,1-5H3. The van der Waals surface area contributed by atoms with Gasteiger partial charge in [-0.1, -0.05) is 35.9 Å². The molecule has 0 aliphatic rings. The lowest BCUT2D eigenvalue weighted by molar-refractivity contribution is 0.431. The zero-order valence-electron chi connectivity index (χ0n) is 12.5. The lowest BCUT2D eigenvalue weighted by Gasteiger charge is -2.19. The summed E-state index contributed by atoms with van der Waals surface area (Å²) in [6, 6.07) is 8.63. The SMILES string of the molecule is CC(=CCCNC(C)(C)C)Cc1ccccc1C. The molecule has 0 saturated heterocycles. The first-order chi connectivity index (χ1) is 8.38. The number of benzene rings is 1. The Morgan fingerprint density at radius 3 is 2.50 bits per heavy atom. The molecular weight excluding hydrogens is 218 g/mol. The smallest absolute Gasteiger partial charge is 0.00966 e. The lowest BCUT2D eigenvalue weighted by atomic mass is 10.0. The van der Waals surface area contributed by atoms with E-state index in [9.17, 15) is 0 Å². The van der Waals surface area contributed by atoms with Gasteiger partial charge >= 0.3 is 0 Å². The summed E-state index contributed by atoms with van der Waals surface area (Å²) in [4.78, 5) is 0. The molecule has 0 saturated carbocycles. The molecule has 0 atom stereocenters. The second-order valence-corrected chi connectivity index (χ2v) is 6.12. The number of hydrogen-bond acceptors (Lipinski definition) is 1. The molecule has 0 amide bonds. The Bertz CT molecular complexity index is 396. The Morgan fingerprint density at radius 2 is 1.89 bits per heavy atom. The first-order valence-electron chi connectivity index (χ1n) is 6.83. The van der Waals surface area contributed by atoms with Crippen molar-refractivity contribution >= 4 is 0 Å². The Balaban J connectivity index is 2.41. The van der Waals surface area contributed by atoms with Crippen LogP contribution in [0.2, 0.25) is 0 Å². The number of allylic oxidation sites excluding steroid dienone is 1. The van der Waals surface area contributed by atoms with E-state index in [1.807, 2.05) is 0 Å². The molecule has 0 spiro atoms. The van der Waals surface area contributed by atoms with Gasteiger partial charge < -0.3 is 5.32 Å². The van der Waals surface area contributed by atoms with Crippen LogP contribution in [0.5, 0.6) is 0 Å². The van der Waals surface area contributed by atoms with Crippen molar-refractivity contribution in [3.63, 3.8) is 0 Å². The molecule has 0 aliphatic heterocycles. The summed E-state index contributed by atoms with van der Waals surface area (Å²) < 4.78 is 0. The van der Waals surface area contributed by atoms with Crippen LogP contribution in [0.4, 0.5) is 0 Å². The minimum absolute atomic E-state index is 0.220. The van der Waals surface area contributed by atoms with Crippen molar-refractivity contribution in [1.29, 1.82) is 0 Å². The van der Waals surface area contributed by atoms with Crippen LogP contribution in [0.1, 0.15) is 45.2 Å². The third-order valence-electron chi connectivity index (χ3n) is 3.02. The Kier molecular flexibility index (Phi) is 5.61. The molecule has 1 N–H and O–H groups in total. The molecule has 0 bridgehead atoms. The summed E-state index contributed by atoms with van der Waals surface area (Å²) in [7, 11) is 0. The average Bonchev–Trinajstić information content (AvgIpc) is 2.26. The Hall–Kier alpha value is -1.08. The molecule has 18 heavy (non-hydrogen) atoms. The van der Waals surface area contributed by atoms with Crippen LogP contribution in [-0.2, 0) is 6.42 Å². The quantitative estimate of drug-likeness (QED) is 0.603. The van der Waals surface area contributed by atoms with E-state index < -0.39 is 0 Å². The zero-order chi connectivity index (χ0) is 13.6. The highest BCUT2D eigenvalue weighted by Crippen LogP contribution is 2.12. The van der Waals surface area contributed by atoms with Gasteiger partial charge in [0, 0.05) is 5.54 Å². The maximum absolute atomic E-state index is 3.51. The van der Waals surface area contributed by atoms with Crippen LogP contribution in [0.15, 0.2) is 35.9 Å². The highest BCUT2D eigenvalue weighted by Gasteiger charge is 2.06. The molecule has 1 aromatic rings. The van der Waals surface area contributed by atoms with Crippen LogP contribution in [0.25, 0.3) is 0 Å². The molecule has 0 aromatic heterocycles. The van der Waals surface area contributed by atoms with Crippen molar-refractivity contribution in [3.8, 4) is 0 Å². The summed E-state index contributed by atoms with van der Waals surface area (Å²) in [5, 5.41) is 3.51. The second kappa shape index (κ2) is 6.75. The maximum atomic E-state index is 3.51. The van der Waals surface area contributed by atoms with Crippen LogP contribution >= 0.6 is 0 Å². The van der Waals surface area contributed by atoms with E-state index in [-0.39, 0.29) is 5.54 Å². The van der Waals surface area contributed by atoms with Crippen LogP contribution in [0, 0.1) is 6.92 Å². The van der Waals surface area contributed by atoms with Crippen LogP contribution in [0.3, 0.4) is 0 Å². The van der Waals surface area contributed by atoms with E-state index in [0.29, 0.717) is 0 Å². The molecule has 0 aliphatic carbocycles. The fourth-order valence-corrected chi connectivity index (χ4v) is 1.95. The van der Waals surface area contributed by atoms with Crippen LogP contribution in [-0.4, -0.2) is 12.1 Å². The van der Waals surface area contributed by atoms with Gasteiger partial charge in [-0.25, -0.2) is 0 Å². The molecule has 1 aromatic carbocycles. The molecule has 0 heterocycles. The third-order valence-corrected chi connectivity index (χ3v) is 3.02. The molecule has 1 heteroatoms. The Morgan fingerprint density at radius 1 is 1.22 bits per heavy atom. The fraction of sp³-hybridized carbons (Fsp3) is 0.529. The van der Waals surface area contributed by atoms with Crippen LogP contribution < -0.4 is 5.32 Å². The molecular formula is C17H27N. The van der Waals surface area contributed by atoms with Crippen molar-refractivity contribution < 1.29 is 0 Å². The fourth-order valence-electron chi connectivity index (χ4n) is 1.95. The largest absolute Gasteiger partial charge is 0.312 e. The zero-order valence-corrected chi connectivity index (χ0v) is 12.5. The summed E-state index contributed by atoms with van der Waals surface area (Å²) in [6.45, 7) is 12.1. The molecule has 0 fully saturated rings. The average molecular weight is 245 g/mol. The molecule has 0 radical (unpaired) electrons. The van der Waals surface area contributed by atoms with E-state index in [2.05, 4.69) is 70.3 Å². The summed E-state index contributed by atoms with van der Waals surface area (Å²) in [6.07, 6.45) is 4.53. The van der Waals surface area contributed by atoms with Crippen molar-refractivity contribution in [1.82, 2.24) is 5.32 Å². The van der Waals surface area contributed by atoms with Crippen molar-refractivity contribution in [2.45, 2.75) is 53.0 Å². The number of hydrogen-bond donors (Lipinski definition) is 1. The van der Waals surface area contributed by atoms with Gasteiger partial charge in [-0.3, -0.25) is 0 Å². The van der Waals surface area contributed by atoms with Gasteiger partial charge in [0.2, 0.25) is 0 Å². The van der Waals surface area contributed by atoms with Crippen molar-refractivity contribution in [2.75, 3.05) is 6.54 Å². The van der Waals surface area contributed by atoms with Gasteiger partial charge in [-0.05, 0) is 65.1 Å². The number of rotatable bonds is 5. The van der Waals surface area contributed by atoms with Gasteiger partial charge in [0.1, 0.15) is 0 Å². The van der Waals surface area contributed by atoms with Crippen molar-refractivity contribution in [3.05, 3.63) is 47.0 Å². The highest BCUT2D eigenvalue weighted by atomic mass is 14.9. The first-order valence-corrected chi connectivity index (χ1v) is 6.83. The number of aryl methyl sites for hydroxylation is 1. The summed E-state index contributed by atoms with van der Waals surface area (Å²) in [5.41, 5.74) is 4.51. The predicted molar refractivity (Wildman–Crippen MR) is 81.0 cm³/mol. The number of nitrogens with one attached hydrogen (secondary N) is 1. The Labute approximate surface area is 112 Å². The minimum Gasteiger partial charge on any atom is -0.312 e. The first kappa shape index (κ1) is 15.0. The maximum Gasteiger partial charge on any atom is 0.00966 e. The molecule has 1 rings (SSSR count). The third kappa shape index (κ3) is 6.02. The van der Waals surface area contributed by atoms with Gasteiger partial charge in [0.05, 0.1) is 0 Å². The van der Waals surface area contributed by atoms with E-state index >= 15 is 0 Å². The second-order valence-electron chi connectivity index (χ2n) is 6.12. The molecule has 0 unspecified atom stereocenters. The topological polar surface area (TPSA) is 12.0 Å². The predicted octanol–water partition coefficient (Wildman–Crippen LogP) is 4.26. The van der Waals surface area contributed by atoms with E-state index in [1.165, 1.54) is 16.7 Å². The summed E-state index contributed by atoms with van der Waals surface area (Å²) >= 11 is 0.